The number of amides is 1. The average molecular weight is 294 g/mol. The number of nitrogens with one attached hydrogen (secondary N) is 1. The molecule has 116 valence electrons. The van der Waals surface area contributed by atoms with E-state index in [-0.39, 0.29) is 5.56 Å². The molecule has 0 aromatic heterocycles. The molecule has 1 amide bonds. The molecular weight excluding hydrogens is 271 g/mol. The van der Waals surface area contributed by atoms with E-state index < -0.39 is 11.7 Å². The molecule has 1 aromatic rings. The predicted molar refractivity (Wildman–Crippen MR) is 80.5 cm³/mol. The van der Waals surface area contributed by atoms with E-state index in [0.29, 0.717) is 18.2 Å². The first kappa shape index (κ1) is 15.9. The molecule has 2 rings (SSSR count). The Morgan fingerprint density at radius 1 is 1.43 bits per heavy atom. The van der Waals surface area contributed by atoms with Gasteiger partial charge in [-0.05, 0) is 26.2 Å². The molecular formula is C15H23FN4O. The van der Waals surface area contributed by atoms with Crippen LogP contribution in [0.2, 0.25) is 0 Å². The first-order valence-electron chi connectivity index (χ1n) is 7.15. The highest BCUT2D eigenvalue weighted by molar-refractivity contribution is 5.92. The zero-order valence-electron chi connectivity index (χ0n) is 12.6. The maximum absolute atomic E-state index is 13.8. The third kappa shape index (κ3) is 4.23. The third-order valence-corrected chi connectivity index (χ3v) is 4.01. The molecule has 5 nitrogen and oxygen atoms in total. The molecule has 1 fully saturated rings. The Morgan fingerprint density at radius 3 is 2.86 bits per heavy atom. The predicted octanol–water partition coefficient (Wildman–Crippen LogP) is 0.260. The van der Waals surface area contributed by atoms with E-state index in [4.69, 9.17) is 5.73 Å². The summed E-state index contributed by atoms with van der Waals surface area (Å²) in [5.74, 6) is -1.01. The molecule has 1 saturated heterocycles. The van der Waals surface area contributed by atoms with Crippen molar-refractivity contribution in [3.8, 4) is 0 Å². The van der Waals surface area contributed by atoms with Crippen molar-refractivity contribution in [2.75, 3.05) is 40.3 Å². The highest BCUT2D eigenvalue weighted by Gasteiger charge is 2.21. The van der Waals surface area contributed by atoms with Gasteiger partial charge >= 0.3 is 0 Å². The zero-order valence-corrected chi connectivity index (χ0v) is 12.6. The van der Waals surface area contributed by atoms with Crippen LogP contribution in [-0.4, -0.2) is 62.0 Å². The monoisotopic (exact) mass is 294 g/mol. The second kappa shape index (κ2) is 6.98. The van der Waals surface area contributed by atoms with Crippen molar-refractivity contribution in [2.24, 2.45) is 5.73 Å². The summed E-state index contributed by atoms with van der Waals surface area (Å²) in [5.41, 5.74) is 5.87. The molecule has 1 heterocycles. The summed E-state index contributed by atoms with van der Waals surface area (Å²) in [7, 11) is 4.23. The van der Waals surface area contributed by atoms with Crippen molar-refractivity contribution in [1.29, 1.82) is 0 Å². The number of piperazine rings is 1. The quantitative estimate of drug-likeness (QED) is 0.818. The maximum Gasteiger partial charge on any atom is 0.248 e. The van der Waals surface area contributed by atoms with Crippen LogP contribution in [0, 0.1) is 5.82 Å². The largest absolute Gasteiger partial charge is 0.366 e. The van der Waals surface area contributed by atoms with Crippen LogP contribution in [0.15, 0.2) is 18.2 Å². The van der Waals surface area contributed by atoms with Gasteiger partial charge in [-0.15, -0.1) is 0 Å². The number of carbonyl (C=O) groups excluding carboxylic acids is 1. The molecule has 1 atom stereocenters. The van der Waals surface area contributed by atoms with Crippen LogP contribution in [0.3, 0.4) is 0 Å². The summed E-state index contributed by atoms with van der Waals surface area (Å²) < 4.78 is 13.8. The summed E-state index contributed by atoms with van der Waals surface area (Å²) in [6.45, 7) is 4.38. The molecule has 0 saturated carbocycles. The van der Waals surface area contributed by atoms with E-state index in [9.17, 15) is 9.18 Å². The number of halogens is 1. The second-order valence-electron chi connectivity index (χ2n) is 5.70. The van der Waals surface area contributed by atoms with Crippen molar-refractivity contribution in [1.82, 2.24) is 15.1 Å². The SMILES string of the molecule is CN1CCN(C)C(CNCc2ccc(C(N)=O)cc2F)C1. The fourth-order valence-electron chi connectivity index (χ4n) is 2.54. The number of hydrogen-bond acceptors (Lipinski definition) is 4. The molecule has 0 radical (unpaired) electrons. The van der Waals surface area contributed by atoms with Gasteiger partial charge < -0.3 is 16.0 Å². The van der Waals surface area contributed by atoms with Crippen LogP contribution in [0.25, 0.3) is 0 Å². The van der Waals surface area contributed by atoms with Crippen LogP contribution >= 0.6 is 0 Å². The maximum atomic E-state index is 13.8. The Balaban J connectivity index is 1.87. The van der Waals surface area contributed by atoms with Crippen molar-refractivity contribution in [3.05, 3.63) is 35.1 Å². The van der Waals surface area contributed by atoms with Crippen LogP contribution < -0.4 is 11.1 Å². The number of hydrogen-bond donors (Lipinski definition) is 2. The van der Waals surface area contributed by atoms with E-state index in [2.05, 4.69) is 29.2 Å². The zero-order chi connectivity index (χ0) is 15.4. The van der Waals surface area contributed by atoms with Gasteiger partial charge in [-0.1, -0.05) is 6.07 Å². The number of nitrogens with two attached hydrogens (primary N) is 1. The summed E-state index contributed by atoms with van der Waals surface area (Å²) in [5, 5.41) is 3.29. The van der Waals surface area contributed by atoms with E-state index in [0.717, 1.165) is 26.2 Å². The number of nitrogens with zero attached hydrogens (tertiary/aromatic N) is 2. The highest BCUT2D eigenvalue weighted by atomic mass is 19.1. The van der Waals surface area contributed by atoms with Crippen LogP contribution in [0.4, 0.5) is 4.39 Å². The van der Waals surface area contributed by atoms with E-state index >= 15 is 0 Å². The van der Waals surface area contributed by atoms with E-state index in [1.54, 1.807) is 12.1 Å². The standard InChI is InChI=1S/C15H23FN4O/c1-19-5-6-20(2)13(10-19)9-18-8-12-4-3-11(15(17)21)7-14(12)16/h3-4,7,13,18H,5-6,8-10H2,1-2H3,(H2,17,21). The highest BCUT2D eigenvalue weighted by Crippen LogP contribution is 2.11. The van der Waals surface area contributed by atoms with E-state index in [1.165, 1.54) is 6.07 Å². The van der Waals surface area contributed by atoms with Crippen LogP contribution in [0.5, 0.6) is 0 Å². The average Bonchev–Trinajstić information content (AvgIpc) is 2.44. The summed E-state index contributed by atoms with van der Waals surface area (Å²) in [4.78, 5) is 15.6. The van der Waals surface area contributed by atoms with Gasteiger partial charge in [-0.25, -0.2) is 4.39 Å². The van der Waals surface area contributed by atoms with Crippen LogP contribution in [-0.2, 0) is 6.54 Å². The Kier molecular flexibility index (Phi) is 5.27. The lowest BCUT2D eigenvalue weighted by atomic mass is 10.1. The topological polar surface area (TPSA) is 61.6 Å². The second-order valence-corrected chi connectivity index (χ2v) is 5.70. The normalized spacial score (nSPS) is 20.6. The molecule has 3 N–H and O–H groups in total. The van der Waals surface area contributed by atoms with Crippen LogP contribution in [0.1, 0.15) is 15.9 Å². The number of primary amides is 1. The Bertz CT molecular complexity index is 508. The van der Waals surface area contributed by atoms with Crippen molar-refractivity contribution in [2.45, 2.75) is 12.6 Å². The van der Waals surface area contributed by atoms with Gasteiger partial charge in [0.05, 0.1) is 0 Å². The van der Waals surface area contributed by atoms with Gasteiger partial charge in [0.25, 0.3) is 0 Å². The lowest BCUT2D eigenvalue weighted by Crippen LogP contribution is -2.53. The smallest absolute Gasteiger partial charge is 0.248 e. The molecule has 1 aliphatic rings. The van der Waals surface area contributed by atoms with Crippen molar-refractivity contribution >= 4 is 5.91 Å². The van der Waals surface area contributed by atoms with Crippen molar-refractivity contribution in [3.63, 3.8) is 0 Å². The molecule has 1 unspecified atom stereocenters. The molecule has 0 bridgehead atoms. The van der Waals surface area contributed by atoms with Gasteiger partial charge in [-0.3, -0.25) is 9.69 Å². The number of benzene rings is 1. The van der Waals surface area contributed by atoms with Gasteiger partial charge in [-0.2, -0.15) is 0 Å². The lowest BCUT2D eigenvalue weighted by Gasteiger charge is -2.37. The summed E-state index contributed by atoms with van der Waals surface area (Å²) >= 11 is 0. The number of likely N-dealkylation sites (N-methyl/N-ethyl adjacent to an activating group) is 2. The third-order valence-electron chi connectivity index (χ3n) is 4.01. The summed E-state index contributed by atoms with van der Waals surface area (Å²) in [6.07, 6.45) is 0. The fourth-order valence-corrected chi connectivity index (χ4v) is 2.54. The Morgan fingerprint density at radius 2 is 2.19 bits per heavy atom. The molecule has 21 heavy (non-hydrogen) atoms. The Hall–Kier alpha value is -1.50. The minimum atomic E-state index is -0.611. The van der Waals surface area contributed by atoms with E-state index in [1.807, 2.05) is 0 Å². The van der Waals surface area contributed by atoms with Crippen molar-refractivity contribution < 1.29 is 9.18 Å². The number of rotatable bonds is 5. The fraction of sp³-hybridized carbons (Fsp3) is 0.533. The summed E-state index contributed by atoms with van der Waals surface area (Å²) in [6, 6.07) is 4.79. The minimum absolute atomic E-state index is 0.199. The molecule has 1 aromatic carbocycles. The minimum Gasteiger partial charge on any atom is -0.366 e. The van der Waals surface area contributed by atoms with Gasteiger partial charge in [0.1, 0.15) is 5.82 Å². The number of carbonyl (C=O) groups is 1. The van der Waals surface area contributed by atoms with Gasteiger partial charge in [0, 0.05) is 49.9 Å². The molecule has 6 heteroatoms. The Labute approximate surface area is 124 Å². The van der Waals surface area contributed by atoms with Gasteiger partial charge in [0.15, 0.2) is 0 Å². The first-order valence-corrected chi connectivity index (χ1v) is 7.15. The molecule has 0 aliphatic carbocycles. The molecule has 0 spiro atoms. The van der Waals surface area contributed by atoms with Gasteiger partial charge in [0.2, 0.25) is 5.91 Å². The molecule has 1 aliphatic heterocycles. The lowest BCUT2D eigenvalue weighted by molar-refractivity contribution is 0.1000. The first-order chi connectivity index (χ1) is 9.97.